The zero-order valence-electron chi connectivity index (χ0n) is 7.57. The Kier molecular flexibility index (Phi) is 5.50. The summed E-state index contributed by atoms with van der Waals surface area (Å²) in [6.07, 6.45) is 0. The van der Waals surface area contributed by atoms with Crippen molar-refractivity contribution in [3.63, 3.8) is 0 Å². The molecule has 2 atom stereocenters. The molecule has 0 fully saturated rings. The van der Waals surface area contributed by atoms with Gasteiger partial charge in [0.25, 0.3) is 0 Å². The summed E-state index contributed by atoms with van der Waals surface area (Å²) in [7, 11) is 0. The Morgan fingerprint density at radius 3 is 1.75 bits per heavy atom. The van der Waals surface area contributed by atoms with Crippen molar-refractivity contribution in [3.05, 3.63) is 0 Å². The number of nitrogens with two attached hydrogens (primary N) is 2. The lowest BCUT2D eigenvalue weighted by Gasteiger charge is -2.29. The second-order valence-corrected chi connectivity index (χ2v) is 3.76. The molecule has 0 aliphatic carbocycles. The molecular formula is C7H17ClN2O2. The van der Waals surface area contributed by atoms with Crippen molar-refractivity contribution >= 4 is 18.4 Å². The Hall–Kier alpha value is -0.320. The van der Waals surface area contributed by atoms with Gasteiger partial charge in [0.15, 0.2) is 0 Å². The Morgan fingerprint density at radius 2 is 1.67 bits per heavy atom. The minimum Gasteiger partial charge on any atom is -0.480 e. The summed E-state index contributed by atoms with van der Waals surface area (Å²) in [5.41, 5.74) is 10.6. The van der Waals surface area contributed by atoms with Gasteiger partial charge >= 0.3 is 5.97 Å². The molecule has 0 saturated heterocycles. The Labute approximate surface area is 78.7 Å². The van der Waals surface area contributed by atoms with Crippen molar-refractivity contribution in [1.82, 2.24) is 0 Å². The first-order valence-electron chi connectivity index (χ1n) is 3.51. The van der Waals surface area contributed by atoms with E-state index in [1.54, 1.807) is 0 Å². The highest BCUT2D eigenvalue weighted by molar-refractivity contribution is 5.85. The number of carboxylic acid groups (broad SMARTS) is 1. The van der Waals surface area contributed by atoms with Crippen molar-refractivity contribution in [2.45, 2.75) is 32.9 Å². The third-order valence-corrected chi connectivity index (χ3v) is 1.67. The molecule has 0 bridgehead atoms. The minimum atomic E-state index is -1.05. The summed E-state index contributed by atoms with van der Waals surface area (Å²) < 4.78 is 0. The van der Waals surface area contributed by atoms with E-state index >= 15 is 0 Å². The summed E-state index contributed by atoms with van der Waals surface area (Å²) >= 11 is 0. The fourth-order valence-electron chi connectivity index (χ4n) is 0.692. The van der Waals surface area contributed by atoms with Crippen molar-refractivity contribution in [2.75, 3.05) is 0 Å². The second kappa shape index (κ2) is 4.64. The van der Waals surface area contributed by atoms with Crippen molar-refractivity contribution in [2.24, 2.45) is 16.9 Å². The zero-order valence-corrected chi connectivity index (χ0v) is 8.39. The molecule has 74 valence electrons. The summed E-state index contributed by atoms with van der Waals surface area (Å²) in [6.45, 7) is 5.58. The number of halogens is 1. The Bertz CT molecular complexity index is 156. The quantitative estimate of drug-likeness (QED) is 0.589. The highest BCUT2D eigenvalue weighted by atomic mass is 35.5. The molecule has 0 aromatic heterocycles. The predicted molar refractivity (Wildman–Crippen MR) is 50.3 cm³/mol. The van der Waals surface area contributed by atoms with Crippen LogP contribution in [0.5, 0.6) is 0 Å². The van der Waals surface area contributed by atoms with Gasteiger partial charge in [-0.15, -0.1) is 12.4 Å². The van der Waals surface area contributed by atoms with E-state index < -0.39 is 18.1 Å². The van der Waals surface area contributed by atoms with Crippen molar-refractivity contribution < 1.29 is 9.90 Å². The SMILES string of the molecule is CC(C)(C)C(N)[C@H](N)C(=O)O.Cl. The minimum absolute atomic E-state index is 0. The van der Waals surface area contributed by atoms with E-state index in [0.29, 0.717) is 0 Å². The van der Waals surface area contributed by atoms with Crippen molar-refractivity contribution in [1.29, 1.82) is 0 Å². The van der Waals surface area contributed by atoms with Gasteiger partial charge in [0, 0.05) is 6.04 Å². The van der Waals surface area contributed by atoms with E-state index in [4.69, 9.17) is 16.6 Å². The van der Waals surface area contributed by atoms with Gasteiger partial charge in [-0.05, 0) is 5.41 Å². The molecule has 0 spiro atoms. The lowest BCUT2D eigenvalue weighted by molar-refractivity contribution is -0.139. The van der Waals surface area contributed by atoms with Crippen LogP contribution in [0.4, 0.5) is 0 Å². The number of carboxylic acids is 1. The Balaban J connectivity index is 0. The largest absolute Gasteiger partial charge is 0.480 e. The number of hydrogen-bond acceptors (Lipinski definition) is 3. The lowest BCUT2D eigenvalue weighted by atomic mass is 9.83. The topological polar surface area (TPSA) is 89.3 Å². The Morgan fingerprint density at radius 1 is 1.33 bits per heavy atom. The van der Waals surface area contributed by atoms with Gasteiger partial charge in [0.2, 0.25) is 0 Å². The normalized spacial score (nSPS) is 16.1. The molecule has 0 aromatic rings. The molecule has 12 heavy (non-hydrogen) atoms. The molecule has 0 heterocycles. The van der Waals surface area contributed by atoms with E-state index in [2.05, 4.69) is 0 Å². The second-order valence-electron chi connectivity index (χ2n) is 3.76. The van der Waals surface area contributed by atoms with E-state index in [1.165, 1.54) is 0 Å². The first kappa shape index (κ1) is 14.2. The zero-order chi connectivity index (χ0) is 9.23. The van der Waals surface area contributed by atoms with Crippen molar-refractivity contribution in [3.8, 4) is 0 Å². The molecule has 0 aliphatic heterocycles. The predicted octanol–water partition coefficient (Wildman–Crippen LogP) is 0.194. The van der Waals surface area contributed by atoms with Gasteiger partial charge in [-0.3, -0.25) is 4.79 Å². The van der Waals surface area contributed by atoms with Crippen LogP contribution in [-0.4, -0.2) is 23.2 Å². The molecule has 5 N–H and O–H groups in total. The lowest BCUT2D eigenvalue weighted by Crippen LogP contribution is -2.53. The maximum atomic E-state index is 10.4. The fourth-order valence-corrected chi connectivity index (χ4v) is 0.692. The number of hydrogen-bond donors (Lipinski definition) is 3. The van der Waals surface area contributed by atoms with Gasteiger partial charge in [-0.25, -0.2) is 0 Å². The average molecular weight is 197 g/mol. The molecule has 4 nitrogen and oxygen atoms in total. The molecule has 0 amide bonds. The van der Waals surface area contributed by atoms with Crippen LogP contribution in [0.2, 0.25) is 0 Å². The van der Waals surface area contributed by atoms with Crippen LogP contribution in [0, 0.1) is 5.41 Å². The van der Waals surface area contributed by atoms with E-state index in [9.17, 15) is 4.79 Å². The summed E-state index contributed by atoms with van der Waals surface area (Å²) in [5.74, 6) is -1.05. The smallest absolute Gasteiger partial charge is 0.322 e. The summed E-state index contributed by atoms with van der Waals surface area (Å²) in [6, 6.07) is -1.49. The summed E-state index contributed by atoms with van der Waals surface area (Å²) in [4.78, 5) is 10.4. The third-order valence-electron chi connectivity index (χ3n) is 1.67. The number of carbonyl (C=O) groups is 1. The van der Waals surface area contributed by atoms with E-state index in [0.717, 1.165) is 0 Å². The molecule has 0 rings (SSSR count). The van der Waals surface area contributed by atoms with Crippen LogP contribution in [0.3, 0.4) is 0 Å². The van der Waals surface area contributed by atoms with E-state index in [-0.39, 0.29) is 17.8 Å². The van der Waals surface area contributed by atoms with Crippen LogP contribution < -0.4 is 11.5 Å². The molecule has 1 unspecified atom stereocenters. The van der Waals surface area contributed by atoms with Crippen LogP contribution in [0.25, 0.3) is 0 Å². The number of rotatable bonds is 2. The van der Waals surface area contributed by atoms with Crippen LogP contribution >= 0.6 is 12.4 Å². The fraction of sp³-hybridized carbons (Fsp3) is 0.857. The van der Waals surface area contributed by atoms with Gasteiger partial charge in [-0.1, -0.05) is 20.8 Å². The maximum Gasteiger partial charge on any atom is 0.322 e. The third kappa shape index (κ3) is 3.90. The number of aliphatic carboxylic acids is 1. The first-order valence-corrected chi connectivity index (χ1v) is 3.51. The highest BCUT2D eigenvalue weighted by Crippen LogP contribution is 2.18. The molecule has 0 radical (unpaired) electrons. The monoisotopic (exact) mass is 196 g/mol. The molecule has 0 aliphatic rings. The highest BCUT2D eigenvalue weighted by Gasteiger charge is 2.30. The van der Waals surface area contributed by atoms with Gasteiger partial charge in [0.1, 0.15) is 6.04 Å². The molecule has 0 aromatic carbocycles. The van der Waals surface area contributed by atoms with Crippen LogP contribution in [0.15, 0.2) is 0 Å². The summed E-state index contributed by atoms with van der Waals surface area (Å²) in [5, 5.41) is 8.51. The maximum absolute atomic E-state index is 10.4. The molecular weight excluding hydrogens is 180 g/mol. The van der Waals surface area contributed by atoms with E-state index in [1.807, 2.05) is 20.8 Å². The first-order chi connectivity index (χ1) is 4.76. The van der Waals surface area contributed by atoms with Gasteiger partial charge in [0.05, 0.1) is 0 Å². The standard InChI is InChI=1S/C7H16N2O2.ClH/c1-7(2,3)5(9)4(8)6(10)11;/h4-5H,8-9H2,1-3H3,(H,10,11);1H/t4-,5?;/m0./s1. The van der Waals surface area contributed by atoms with Gasteiger partial charge in [-0.2, -0.15) is 0 Å². The molecule has 0 saturated carbocycles. The average Bonchev–Trinajstić information content (AvgIpc) is 1.82. The molecule has 5 heteroatoms. The van der Waals surface area contributed by atoms with Crippen LogP contribution in [0.1, 0.15) is 20.8 Å². The van der Waals surface area contributed by atoms with Crippen LogP contribution in [-0.2, 0) is 4.79 Å². The van der Waals surface area contributed by atoms with Gasteiger partial charge < -0.3 is 16.6 Å².